The number of benzene rings is 3. The highest BCUT2D eigenvalue weighted by Gasteiger charge is 2.37. The van der Waals surface area contributed by atoms with E-state index in [0.29, 0.717) is 11.3 Å². The Kier molecular flexibility index (Phi) is 7.95. The first-order valence-corrected chi connectivity index (χ1v) is 14.9. The smallest absolute Gasteiger partial charge is 0.267 e. The van der Waals surface area contributed by atoms with Gasteiger partial charge in [-0.15, -0.1) is 0 Å². The number of carbonyl (C=O) groups is 1. The zero-order valence-electron chi connectivity index (χ0n) is 21.1. The maximum atomic E-state index is 13.4. The molecule has 10 nitrogen and oxygen atoms in total. The SMILES string of the molecule is COc1ccc(S(=O)(=O)NC(C)C)cc1NC(=O)[C@H]1CN(S(=O)(=O)Cc2ccccc2)c2ccccc2O1. The molecule has 2 N–H and O–H groups in total. The Balaban J connectivity index is 1.62. The van der Waals surface area contributed by atoms with E-state index in [-0.39, 0.29) is 40.4 Å². The minimum atomic E-state index is -3.88. The molecule has 12 heteroatoms. The molecule has 0 fully saturated rings. The molecule has 3 aromatic carbocycles. The first-order valence-electron chi connectivity index (χ1n) is 11.8. The highest BCUT2D eigenvalue weighted by molar-refractivity contribution is 7.92. The van der Waals surface area contributed by atoms with Gasteiger partial charge in [-0.1, -0.05) is 42.5 Å². The number of sulfonamides is 2. The quantitative estimate of drug-likeness (QED) is 0.412. The molecule has 0 unspecified atom stereocenters. The molecule has 0 spiro atoms. The van der Waals surface area contributed by atoms with Crippen LogP contribution in [0.15, 0.2) is 77.7 Å². The van der Waals surface area contributed by atoms with Gasteiger partial charge in [-0.3, -0.25) is 9.10 Å². The monoisotopic (exact) mass is 559 g/mol. The summed E-state index contributed by atoms with van der Waals surface area (Å²) in [6, 6.07) is 19.1. The average Bonchev–Trinajstić information content (AvgIpc) is 2.87. The van der Waals surface area contributed by atoms with Gasteiger partial charge in [0.1, 0.15) is 11.5 Å². The van der Waals surface area contributed by atoms with Crippen LogP contribution in [0.1, 0.15) is 19.4 Å². The van der Waals surface area contributed by atoms with Gasteiger partial charge in [-0.05, 0) is 49.7 Å². The van der Waals surface area contributed by atoms with Gasteiger partial charge < -0.3 is 14.8 Å². The molecule has 0 aromatic heterocycles. The number of amides is 1. The molecule has 1 heterocycles. The number of rotatable bonds is 9. The van der Waals surface area contributed by atoms with Crippen molar-refractivity contribution in [2.45, 2.75) is 36.6 Å². The van der Waals surface area contributed by atoms with Crippen molar-refractivity contribution in [2.24, 2.45) is 0 Å². The minimum Gasteiger partial charge on any atom is -0.495 e. The number of hydrogen-bond donors (Lipinski definition) is 2. The maximum absolute atomic E-state index is 13.4. The van der Waals surface area contributed by atoms with Gasteiger partial charge in [0, 0.05) is 6.04 Å². The van der Waals surface area contributed by atoms with Crippen LogP contribution in [0.3, 0.4) is 0 Å². The van der Waals surface area contributed by atoms with Crippen molar-refractivity contribution in [1.82, 2.24) is 4.72 Å². The van der Waals surface area contributed by atoms with Gasteiger partial charge in [0.15, 0.2) is 6.10 Å². The van der Waals surface area contributed by atoms with Gasteiger partial charge in [0.2, 0.25) is 20.0 Å². The summed E-state index contributed by atoms with van der Waals surface area (Å²) in [5.41, 5.74) is 1.04. The van der Waals surface area contributed by atoms with E-state index in [4.69, 9.17) is 9.47 Å². The van der Waals surface area contributed by atoms with Gasteiger partial charge in [0.05, 0.1) is 35.7 Å². The highest BCUT2D eigenvalue weighted by Crippen LogP contribution is 2.36. The third kappa shape index (κ3) is 6.09. The predicted molar refractivity (Wildman–Crippen MR) is 144 cm³/mol. The van der Waals surface area contributed by atoms with Crippen molar-refractivity contribution in [3.8, 4) is 11.5 Å². The Morgan fingerprint density at radius 2 is 1.71 bits per heavy atom. The first kappa shape index (κ1) is 27.4. The molecule has 0 radical (unpaired) electrons. The average molecular weight is 560 g/mol. The number of methoxy groups -OCH3 is 1. The summed E-state index contributed by atoms with van der Waals surface area (Å²) in [6.45, 7) is 3.12. The normalized spacial score (nSPS) is 15.5. The highest BCUT2D eigenvalue weighted by atomic mass is 32.2. The summed E-state index contributed by atoms with van der Waals surface area (Å²) in [7, 11) is -6.33. The number of nitrogens with one attached hydrogen (secondary N) is 2. The zero-order valence-corrected chi connectivity index (χ0v) is 22.8. The van der Waals surface area contributed by atoms with Gasteiger partial charge in [0.25, 0.3) is 5.91 Å². The summed E-state index contributed by atoms with van der Waals surface area (Å²) < 4.78 is 67.0. The molecular formula is C26H29N3O7S2. The third-order valence-electron chi connectivity index (χ3n) is 5.68. The number of carbonyl (C=O) groups excluding carboxylic acids is 1. The third-order valence-corrected chi connectivity index (χ3v) is 9.06. The van der Waals surface area contributed by atoms with Crippen LogP contribution in [0.2, 0.25) is 0 Å². The summed E-state index contributed by atoms with van der Waals surface area (Å²) >= 11 is 0. The number of nitrogens with zero attached hydrogens (tertiary/aromatic N) is 1. The molecule has 202 valence electrons. The molecule has 0 aliphatic carbocycles. The summed E-state index contributed by atoms with van der Waals surface area (Å²) in [5.74, 6) is -0.455. The molecule has 1 atom stereocenters. The lowest BCUT2D eigenvalue weighted by Gasteiger charge is -2.34. The second kappa shape index (κ2) is 11.0. The second-order valence-electron chi connectivity index (χ2n) is 8.97. The fourth-order valence-electron chi connectivity index (χ4n) is 4.01. The molecule has 1 amide bonds. The van der Waals surface area contributed by atoms with E-state index < -0.39 is 32.1 Å². The lowest BCUT2D eigenvalue weighted by molar-refractivity contribution is -0.122. The van der Waals surface area contributed by atoms with Crippen LogP contribution in [0.25, 0.3) is 0 Å². The van der Waals surface area contributed by atoms with Crippen molar-refractivity contribution in [3.05, 3.63) is 78.4 Å². The van der Waals surface area contributed by atoms with Crippen LogP contribution in [0.4, 0.5) is 11.4 Å². The maximum Gasteiger partial charge on any atom is 0.267 e. The van der Waals surface area contributed by atoms with Gasteiger partial charge >= 0.3 is 0 Å². The summed E-state index contributed by atoms with van der Waals surface area (Å²) in [4.78, 5) is 13.3. The first-order chi connectivity index (χ1) is 18.0. The molecule has 38 heavy (non-hydrogen) atoms. The molecule has 4 rings (SSSR count). The predicted octanol–water partition coefficient (Wildman–Crippen LogP) is 3.12. The fraction of sp³-hybridized carbons (Fsp3) is 0.269. The molecule has 3 aromatic rings. The topological polar surface area (TPSA) is 131 Å². The van der Waals surface area contributed by atoms with Crippen molar-refractivity contribution in [1.29, 1.82) is 0 Å². The Morgan fingerprint density at radius 1 is 1.03 bits per heavy atom. The van der Waals surface area contributed by atoms with Gasteiger partial charge in [-0.2, -0.15) is 0 Å². The lowest BCUT2D eigenvalue weighted by atomic mass is 10.2. The Morgan fingerprint density at radius 3 is 2.39 bits per heavy atom. The van der Waals surface area contributed by atoms with Crippen molar-refractivity contribution < 1.29 is 31.1 Å². The van der Waals surface area contributed by atoms with Crippen LogP contribution in [-0.4, -0.2) is 48.5 Å². The van der Waals surface area contributed by atoms with Crippen molar-refractivity contribution in [3.63, 3.8) is 0 Å². The van der Waals surface area contributed by atoms with E-state index in [1.807, 2.05) is 0 Å². The fourth-order valence-corrected chi connectivity index (χ4v) is 6.87. The van der Waals surface area contributed by atoms with E-state index in [9.17, 15) is 21.6 Å². The zero-order chi connectivity index (χ0) is 27.5. The van der Waals surface area contributed by atoms with E-state index in [0.717, 1.165) is 0 Å². The molecule has 0 saturated heterocycles. The standard InChI is InChI=1S/C26H29N3O7S2/c1-18(2)28-38(33,34)20-13-14-23(35-3)21(15-20)27-26(30)25-16-29(22-11-7-8-12-24(22)36-25)37(31,32)17-19-9-5-4-6-10-19/h4-15,18,25,28H,16-17H2,1-3H3,(H,27,30)/t25-/m1/s1. The largest absolute Gasteiger partial charge is 0.495 e. The Hall–Kier alpha value is -3.61. The van der Waals surface area contributed by atoms with E-state index in [1.54, 1.807) is 68.4 Å². The molecular weight excluding hydrogens is 530 g/mol. The van der Waals surface area contributed by atoms with Crippen molar-refractivity contribution >= 4 is 37.3 Å². The van der Waals surface area contributed by atoms with Crippen LogP contribution >= 0.6 is 0 Å². The van der Waals surface area contributed by atoms with E-state index >= 15 is 0 Å². The molecule has 0 bridgehead atoms. The Bertz CT molecular complexity index is 1530. The van der Waals surface area contributed by atoms with Gasteiger partial charge in [-0.25, -0.2) is 21.6 Å². The number of fused-ring (bicyclic) bond motifs is 1. The number of para-hydroxylation sites is 2. The number of ether oxygens (including phenoxy) is 2. The lowest BCUT2D eigenvalue weighted by Crippen LogP contribution is -2.49. The van der Waals surface area contributed by atoms with E-state index in [2.05, 4.69) is 10.0 Å². The summed E-state index contributed by atoms with van der Waals surface area (Å²) in [6.07, 6.45) is -1.21. The van der Waals surface area contributed by atoms with Crippen LogP contribution in [0.5, 0.6) is 11.5 Å². The number of anilines is 2. The second-order valence-corrected chi connectivity index (χ2v) is 12.6. The van der Waals surface area contributed by atoms with Crippen molar-refractivity contribution in [2.75, 3.05) is 23.3 Å². The molecule has 1 aliphatic heterocycles. The van der Waals surface area contributed by atoms with E-state index in [1.165, 1.54) is 29.6 Å². The van der Waals surface area contributed by atoms with Crippen LogP contribution in [0, 0.1) is 0 Å². The molecule has 1 aliphatic rings. The molecule has 0 saturated carbocycles. The number of hydrogen-bond acceptors (Lipinski definition) is 7. The van der Waals surface area contributed by atoms with Crippen LogP contribution < -0.4 is 23.8 Å². The minimum absolute atomic E-state index is 0.0655. The van der Waals surface area contributed by atoms with Crippen LogP contribution in [-0.2, 0) is 30.6 Å². The Labute approximate surface area is 222 Å². The summed E-state index contributed by atoms with van der Waals surface area (Å²) in [5, 5.41) is 2.65.